The Kier molecular flexibility index (Phi) is 5.53. The normalized spacial score (nSPS) is 13.3. The molecule has 0 atom stereocenters. The van der Waals surface area contributed by atoms with Gasteiger partial charge in [0.1, 0.15) is 0 Å². The third-order valence-electron chi connectivity index (χ3n) is 10.2. The largest absolute Gasteiger partial charge is 0.236 e. The predicted molar refractivity (Wildman–Crippen MR) is 192 cm³/mol. The molecule has 0 bridgehead atoms. The van der Waals surface area contributed by atoms with Crippen molar-refractivity contribution in [2.75, 3.05) is 0 Å². The minimum absolute atomic E-state index is 0.373. The minimum atomic E-state index is -0.373. The fourth-order valence-corrected chi connectivity index (χ4v) is 8.08. The zero-order valence-electron chi connectivity index (χ0n) is 25.6. The Morgan fingerprint density at radius 1 is 0.319 bits per heavy atom. The predicted octanol–water partition coefficient (Wildman–Crippen LogP) is 11.0. The highest BCUT2D eigenvalue weighted by molar-refractivity contribution is 5.95. The van der Waals surface area contributed by atoms with Crippen LogP contribution in [0.4, 0.5) is 0 Å². The molecule has 0 unspecified atom stereocenters. The molecular weight excluding hydrogens is 569 g/mol. The average Bonchev–Trinajstić information content (AvgIpc) is 3.62. The fraction of sp³-hybridized carbons (Fsp3) is 0.0222. The lowest BCUT2D eigenvalue weighted by Crippen LogP contribution is -2.25. The molecule has 0 saturated carbocycles. The summed E-state index contributed by atoms with van der Waals surface area (Å²) in [6.45, 7) is 0. The van der Waals surface area contributed by atoms with Crippen LogP contribution in [0.5, 0.6) is 0 Å². The molecular formula is C45H28N2. The first-order valence-electron chi connectivity index (χ1n) is 16.1. The van der Waals surface area contributed by atoms with Crippen molar-refractivity contribution in [3.05, 3.63) is 192 Å². The summed E-state index contributed by atoms with van der Waals surface area (Å²) >= 11 is 0. The van der Waals surface area contributed by atoms with Crippen molar-refractivity contribution >= 4 is 10.8 Å². The van der Waals surface area contributed by atoms with Gasteiger partial charge in [0.2, 0.25) is 0 Å². The number of rotatable bonds is 3. The highest BCUT2D eigenvalue weighted by Crippen LogP contribution is 2.62. The number of benzene rings is 7. The van der Waals surface area contributed by atoms with Crippen LogP contribution in [0.2, 0.25) is 0 Å². The quantitative estimate of drug-likeness (QED) is 0.203. The Hall–Kier alpha value is -6.12. The van der Waals surface area contributed by atoms with Crippen LogP contribution in [-0.2, 0) is 5.41 Å². The Bertz CT molecular complexity index is 2440. The van der Waals surface area contributed by atoms with Crippen LogP contribution < -0.4 is 0 Å². The summed E-state index contributed by atoms with van der Waals surface area (Å²) < 4.78 is 0. The van der Waals surface area contributed by atoms with Gasteiger partial charge in [-0.3, -0.25) is 0 Å². The van der Waals surface area contributed by atoms with Crippen LogP contribution in [0.3, 0.4) is 0 Å². The standard InChI is InChI=1S/C45H28N2/c1-2-10-32-25-33(22-21-29(32)9-1)30-17-19-31(20-18-30)35-27-46-44(47-28-35)34-23-24-39-38-13-5-8-16-42(38)45(43(39)26-34)40-14-6-3-11-36(40)37-12-4-7-15-41(37)45/h1-28H. The van der Waals surface area contributed by atoms with Crippen molar-refractivity contribution in [1.82, 2.24) is 9.97 Å². The van der Waals surface area contributed by atoms with Crippen molar-refractivity contribution in [2.45, 2.75) is 5.41 Å². The van der Waals surface area contributed by atoms with E-state index in [1.807, 2.05) is 12.4 Å². The molecule has 1 aromatic heterocycles. The summed E-state index contributed by atoms with van der Waals surface area (Å²) in [6, 6.07) is 57.3. The molecule has 47 heavy (non-hydrogen) atoms. The van der Waals surface area contributed by atoms with E-state index in [1.54, 1.807) is 0 Å². The summed E-state index contributed by atoms with van der Waals surface area (Å²) in [6.07, 6.45) is 3.90. The molecule has 0 N–H and O–H groups in total. The van der Waals surface area contributed by atoms with Gasteiger partial charge < -0.3 is 0 Å². The maximum Gasteiger partial charge on any atom is 0.159 e. The molecule has 2 aliphatic rings. The maximum atomic E-state index is 4.91. The minimum Gasteiger partial charge on any atom is -0.236 e. The smallest absolute Gasteiger partial charge is 0.159 e. The maximum absolute atomic E-state index is 4.91. The summed E-state index contributed by atoms with van der Waals surface area (Å²) in [5.74, 6) is 0.731. The van der Waals surface area contributed by atoms with Gasteiger partial charge in [-0.05, 0) is 84.1 Å². The summed E-state index contributed by atoms with van der Waals surface area (Å²) in [4.78, 5) is 9.81. The summed E-state index contributed by atoms with van der Waals surface area (Å²) in [7, 11) is 0. The first-order valence-corrected chi connectivity index (χ1v) is 16.1. The lowest BCUT2D eigenvalue weighted by atomic mass is 9.70. The number of aromatic nitrogens is 2. The van der Waals surface area contributed by atoms with Crippen LogP contribution in [0.25, 0.3) is 66.7 Å². The van der Waals surface area contributed by atoms with Gasteiger partial charge in [0.25, 0.3) is 0 Å². The zero-order chi connectivity index (χ0) is 31.0. The molecule has 0 fully saturated rings. The SMILES string of the molecule is c1ccc2c(c1)-c1ccccc1C21c2ccccc2-c2ccc(-c3ncc(-c4ccc(-c5ccc6ccccc6c5)cc4)cn3)cc21. The second kappa shape index (κ2) is 9.94. The topological polar surface area (TPSA) is 25.8 Å². The average molecular weight is 597 g/mol. The number of nitrogens with zero attached hydrogens (tertiary/aromatic N) is 2. The first-order chi connectivity index (χ1) is 23.3. The molecule has 2 heteroatoms. The number of hydrogen-bond donors (Lipinski definition) is 0. The Labute approximate surface area is 273 Å². The molecule has 0 amide bonds. The van der Waals surface area contributed by atoms with Crippen LogP contribution in [0.1, 0.15) is 22.3 Å². The fourth-order valence-electron chi connectivity index (χ4n) is 8.08. The van der Waals surface area contributed by atoms with E-state index in [2.05, 4.69) is 158 Å². The van der Waals surface area contributed by atoms with Gasteiger partial charge in [-0.1, -0.05) is 146 Å². The van der Waals surface area contributed by atoms with Gasteiger partial charge in [0, 0.05) is 23.5 Å². The second-order valence-electron chi connectivity index (χ2n) is 12.6. The van der Waals surface area contributed by atoms with E-state index in [0.717, 1.165) is 22.5 Å². The summed E-state index contributed by atoms with van der Waals surface area (Å²) in [5, 5.41) is 2.51. The van der Waals surface area contributed by atoms with E-state index in [1.165, 1.54) is 66.4 Å². The third-order valence-corrected chi connectivity index (χ3v) is 10.2. The van der Waals surface area contributed by atoms with E-state index in [-0.39, 0.29) is 5.41 Å². The van der Waals surface area contributed by atoms with Crippen LogP contribution >= 0.6 is 0 Å². The van der Waals surface area contributed by atoms with Crippen molar-refractivity contribution in [2.24, 2.45) is 0 Å². The monoisotopic (exact) mass is 596 g/mol. The van der Waals surface area contributed by atoms with Crippen molar-refractivity contribution in [1.29, 1.82) is 0 Å². The van der Waals surface area contributed by atoms with Crippen LogP contribution in [0, 0.1) is 0 Å². The molecule has 0 aliphatic heterocycles. The molecule has 218 valence electrons. The van der Waals surface area contributed by atoms with Gasteiger partial charge in [-0.25, -0.2) is 9.97 Å². The molecule has 2 nitrogen and oxygen atoms in total. The third kappa shape index (κ3) is 3.73. The Morgan fingerprint density at radius 3 is 1.40 bits per heavy atom. The molecule has 0 saturated heterocycles. The Balaban J connectivity index is 1.04. The molecule has 7 aromatic carbocycles. The molecule has 8 aromatic rings. The van der Waals surface area contributed by atoms with Gasteiger partial charge >= 0.3 is 0 Å². The van der Waals surface area contributed by atoms with E-state index in [4.69, 9.17) is 9.97 Å². The van der Waals surface area contributed by atoms with Crippen molar-refractivity contribution in [3.63, 3.8) is 0 Å². The summed E-state index contributed by atoms with van der Waals surface area (Å²) in [5.41, 5.74) is 15.7. The molecule has 1 spiro atoms. The van der Waals surface area contributed by atoms with Crippen LogP contribution in [0.15, 0.2) is 170 Å². The molecule has 1 heterocycles. The lowest BCUT2D eigenvalue weighted by molar-refractivity contribution is 0.794. The molecule has 0 radical (unpaired) electrons. The lowest BCUT2D eigenvalue weighted by Gasteiger charge is -2.30. The number of fused-ring (bicyclic) bond motifs is 11. The van der Waals surface area contributed by atoms with E-state index < -0.39 is 0 Å². The van der Waals surface area contributed by atoms with E-state index in [0.29, 0.717) is 0 Å². The first kappa shape index (κ1) is 26.1. The van der Waals surface area contributed by atoms with Gasteiger partial charge in [0.15, 0.2) is 5.82 Å². The van der Waals surface area contributed by atoms with Crippen molar-refractivity contribution < 1.29 is 0 Å². The van der Waals surface area contributed by atoms with Gasteiger partial charge in [-0.2, -0.15) is 0 Å². The number of hydrogen-bond acceptors (Lipinski definition) is 2. The second-order valence-corrected chi connectivity index (χ2v) is 12.6. The van der Waals surface area contributed by atoms with Crippen LogP contribution in [-0.4, -0.2) is 9.97 Å². The Morgan fingerprint density at radius 2 is 0.787 bits per heavy atom. The highest BCUT2D eigenvalue weighted by atomic mass is 14.9. The van der Waals surface area contributed by atoms with Crippen molar-refractivity contribution in [3.8, 4) is 55.9 Å². The molecule has 2 aliphatic carbocycles. The molecule has 10 rings (SSSR count). The van der Waals surface area contributed by atoms with Gasteiger partial charge in [0.05, 0.1) is 5.41 Å². The highest BCUT2D eigenvalue weighted by Gasteiger charge is 2.51. The van der Waals surface area contributed by atoms with E-state index in [9.17, 15) is 0 Å². The van der Waals surface area contributed by atoms with E-state index >= 15 is 0 Å². The zero-order valence-corrected chi connectivity index (χ0v) is 25.6. The van der Waals surface area contributed by atoms with Gasteiger partial charge in [-0.15, -0.1) is 0 Å².